The van der Waals surface area contributed by atoms with Gasteiger partial charge < -0.3 is 15.1 Å². The molecule has 148 valence electrons. The summed E-state index contributed by atoms with van der Waals surface area (Å²) in [5, 5.41) is 10.3. The van der Waals surface area contributed by atoms with Gasteiger partial charge in [-0.2, -0.15) is 13.2 Å². The van der Waals surface area contributed by atoms with Gasteiger partial charge in [0.1, 0.15) is 0 Å². The molecule has 1 aliphatic heterocycles. The van der Waals surface area contributed by atoms with Crippen LogP contribution in [-0.4, -0.2) is 53.1 Å². The van der Waals surface area contributed by atoms with Gasteiger partial charge in [-0.1, -0.05) is 6.07 Å². The average Bonchev–Trinajstić information content (AvgIpc) is 2.68. The van der Waals surface area contributed by atoms with Gasteiger partial charge in [0, 0.05) is 38.8 Å². The van der Waals surface area contributed by atoms with Crippen LogP contribution >= 0.6 is 0 Å². The van der Waals surface area contributed by atoms with Crippen molar-refractivity contribution in [2.24, 2.45) is 0 Å². The van der Waals surface area contributed by atoms with Crippen LogP contribution in [0.15, 0.2) is 36.4 Å². The highest BCUT2D eigenvalue weighted by atomic mass is 19.4. The van der Waals surface area contributed by atoms with Crippen molar-refractivity contribution in [1.29, 1.82) is 0 Å². The molecule has 0 bridgehead atoms. The van der Waals surface area contributed by atoms with Crippen molar-refractivity contribution in [2.45, 2.75) is 13.1 Å². The minimum Gasteiger partial charge on any atom is -0.352 e. The number of nitrogens with zero attached hydrogens (tertiary/aromatic N) is 4. The molecule has 1 saturated heterocycles. The van der Waals surface area contributed by atoms with Crippen molar-refractivity contribution in [2.75, 3.05) is 36.4 Å². The van der Waals surface area contributed by atoms with Crippen molar-refractivity contribution in [3.05, 3.63) is 47.7 Å². The van der Waals surface area contributed by atoms with Gasteiger partial charge in [0.05, 0.1) is 5.56 Å². The van der Waals surface area contributed by atoms with E-state index in [1.54, 1.807) is 11.0 Å². The van der Waals surface area contributed by atoms with Crippen molar-refractivity contribution < 1.29 is 22.8 Å². The molecule has 2 amide bonds. The van der Waals surface area contributed by atoms with Crippen LogP contribution in [0.2, 0.25) is 0 Å². The number of nitrogens with one attached hydrogen (secondary N) is 1. The molecule has 1 aromatic heterocycles. The van der Waals surface area contributed by atoms with Crippen LogP contribution in [0.5, 0.6) is 0 Å². The topological polar surface area (TPSA) is 78.4 Å². The van der Waals surface area contributed by atoms with Crippen LogP contribution in [0.3, 0.4) is 0 Å². The van der Waals surface area contributed by atoms with E-state index in [-0.39, 0.29) is 17.3 Å². The fourth-order valence-corrected chi connectivity index (χ4v) is 2.83. The summed E-state index contributed by atoms with van der Waals surface area (Å²) >= 11 is 0. The summed E-state index contributed by atoms with van der Waals surface area (Å²) in [6.45, 7) is 3.88. The van der Waals surface area contributed by atoms with Gasteiger partial charge >= 0.3 is 6.18 Å². The summed E-state index contributed by atoms with van der Waals surface area (Å²) in [6, 6.07) is 7.45. The largest absolute Gasteiger partial charge is 0.416 e. The Balaban J connectivity index is 1.64. The zero-order chi connectivity index (χ0) is 20.3. The normalized spacial score (nSPS) is 14.7. The molecule has 2 heterocycles. The molecular weight excluding hydrogens is 375 g/mol. The molecule has 0 saturated carbocycles. The van der Waals surface area contributed by atoms with E-state index in [0.717, 1.165) is 12.1 Å². The SMILES string of the molecule is CC(=O)N1CCN(c2ccc(C(=O)Nc3cccc(C(F)(F)F)c3)nn2)CC1. The van der Waals surface area contributed by atoms with E-state index < -0.39 is 17.6 Å². The van der Waals surface area contributed by atoms with E-state index in [1.807, 2.05) is 4.90 Å². The van der Waals surface area contributed by atoms with E-state index in [2.05, 4.69) is 15.5 Å². The van der Waals surface area contributed by atoms with Gasteiger partial charge in [0.25, 0.3) is 5.91 Å². The number of hydrogen-bond donors (Lipinski definition) is 1. The summed E-state index contributed by atoms with van der Waals surface area (Å²) in [4.78, 5) is 27.3. The maximum absolute atomic E-state index is 12.8. The van der Waals surface area contributed by atoms with Crippen molar-refractivity contribution in [1.82, 2.24) is 15.1 Å². The lowest BCUT2D eigenvalue weighted by Crippen LogP contribution is -2.48. The minimum atomic E-state index is -4.49. The first-order chi connectivity index (χ1) is 13.2. The Hall–Kier alpha value is -3.17. The number of carbonyl (C=O) groups excluding carboxylic acids is 2. The molecule has 1 fully saturated rings. The molecule has 0 radical (unpaired) electrons. The number of anilines is 2. The van der Waals surface area contributed by atoms with Crippen molar-refractivity contribution >= 4 is 23.3 Å². The highest BCUT2D eigenvalue weighted by Gasteiger charge is 2.30. The number of piperazine rings is 1. The third-order valence-electron chi connectivity index (χ3n) is 4.38. The Morgan fingerprint density at radius 2 is 1.75 bits per heavy atom. The fraction of sp³-hybridized carbons (Fsp3) is 0.333. The predicted octanol–water partition coefficient (Wildman–Crippen LogP) is 2.42. The highest BCUT2D eigenvalue weighted by Crippen LogP contribution is 2.30. The highest BCUT2D eigenvalue weighted by molar-refractivity contribution is 6.02. The van der Waals surface area contributed by atoms with Gasteiger partial charge in [-0.05, 0) is 30.3 Å². The van der Waals surface area contributed by atoms with E-state index in [9.17, 15) is 22.8 Å². The summed E-state index contributed by atoms with van der Waals surface area (Å²) in [5.74, 6) is -0.0639. The summed E-state index contributed by atoms with van der Waals surface area (Å²) in [7, 11) is 0. The molecule has 10 heteroatoms. The van der Waals surface area contributed by atoms with Gasteiger partial charge in [-0.3, -0.25) is 9.59 Å². The third kappa shape index (κ3) is 4.56. The van der Waals surface area contributed by atoms with Crippen LogP contribution in [0.4, 0.5) is 24.7 Å². The molecule has 1 N–H and O–H groups in total. The van der Waals surface area contributed by atoms with Gasteiger partial charge in [0.2, 0.25) is 5.91 Å². The molecule has 0 aliphatic carbocycles. The van der Waals surface area contributed by atoms with Crippen molar-refractivity contribution in [3.8, 4) is 0 Å². The summed E-state index contributed by atoms with van der Waals surface area (Å²) in [5.41, 5.74) is -0.842. The second kappa shape index (κ2) is 7.83. The lowest BCUT2D eigenvalue weighted by molar-refractivity contribution is -0.137. The molecule has 3 rings (SSSR count). The van der Waals surface area contributed by atoms with Crippen LogP contribution in [-0.2, 0) is 11.0 Å². The Bertz CT molecular complexity index is 862. The molecular formula is C18H18F3N5O2. The Kier molecular flexibility index (Phi) is 5.48. The molecule has 0 unspecified atom stereocenters. The predicted molar refractivity (Wildman–Crippen MR) is 95.9 cm³/mol. The Morgan fingerprint density at radius 3 is 2.32 bits per heavy atom. The first-order valence-electron chi connectivity index (χ1n) is 8.57. The lowest BCUT2D eigenvalue weighted by atomic mass is 10.2. The van der Waals surface area contributed by atoms with Crippen LogP contribution in [0, 0.1) is 0 Å². The maximum atomic E-state index is 12.8. The summed E-state index contributed by atoms with van der Waals surface area (Å²) < 4.78 is 38.3. The van der Waals surface area contributed by atoms with Crippen LogP contribution < -0.4 is 10.2 Å². The first-order valence-corrected chi connectivity index (χ1v) is 8.57. The molecule has 1 aliphatic rings. The first kappa shape index (κ1) is 19.6. The lowest BCUT2D eigenvalue weighted by Gasteiger charge is -2.34. The Morgan fingerprint density at radius 1 is 1.04 bits per heavy atom. The second-order valence-corrected chi connectivity index (χ2v) is 6.30. The van der Waals surface area contributed by atoms with E-state index in [1.165, 1.54) is 25.1 Å². The molecule has 1 aromatic carbocycles. The number of alkyl halides is 3. The average molecular weight is 393 g/mol. The second-order valence-electron chi connectivity index (χ2n) is 6.30. The van der Waals surface area contributed by atoms with Crippen LogP contribution in [0.1, 0.15) is 23.0 Å². The molecule has 2 aromatic rings. The fourth-order valence-electron chi connectivity index (χ4n) is 2.83. The van der Waals surface area contributed by atoms with Crippen molar-refractivity contribution in [3.63, 3.8) is 0 Å². The maximum Gasteiger partial charge on any atom is 0.416 e. The molecule has 0 spiro atoms. The number of aromatic nitrogens is 2. The van der Waals surface area contributed by atoms with Gasteiger partial charge in [0.15, 0.2) is 11.5 Å². The monoisotopic (exact) mass is 393 g/mol. The number of carbonyl (C=O) groups is 2. The number of rotatable bonds is 3. The Labute approximate surface area is 159 Å². The van der Waals surface area contributed by atoms with E-state index in [4.69, 9.17) is 0 Å². The van der Waals surface area contributed by atoms with E-state index in [0.29, 0.717) is 32.0 Å². The number of hydrogen-bond acceptors (Lipinski definition) is 5. The zero-order valence-electron chi connectivity index (χ0n) is 15.0. The van der Waals surface area contributed by atoms with Gasteiger partial charge in [-0.15, -0.1) is 10.2 Å². The minimum absolute atomic E-state index is 0.0106. The third-order valence-corrected chi connectivity index (χ3v) is 4.38. The quantitative estimate of drug-likeness (QED) is 0.867. The zero-order valence-corrected chi connectivity index (χ0v) is 15.0. The van der Waals surface area contributed by atoms with Gasteiger partial charge in [-0.25, -0.2) is 0 Å². The molecule has 0 atom stereocenters. The van der Waals surface area contributed by atoms with Crippen LogP contribution in [0.25, 0.3) is 0 Å². The molecule has 28 heavy (non-hydrogen) atoms. The smallest absolute Gasteiger partial charge is 0.352 e. The number of amides is 2. The molecule has 7 nitrogen and oxygen atoms in total. The summed E-state index contributed by atoms with van der Waals surface area (Å²) in [6.07, 6.45) is -4.49. The number of halogens is 3. The van der Waals surface area contributed by atoms with E-state index >= 15 is 0 Å². The number of benzene rings is 1. The standard InChI is InChI=1S/C18H18F3N5O2/c1-12(27)25-7-9-26(10-8-25)16-6-5-15(23-24-16)17(28)22-14-4-2-3-13(11-14)18(19,20)21/h2-6,11H,7-10H2,1H3,(H,22,28).